The predicted molar refractivity (Wildman–Crippen MR) is 39.5 cm³/mol. The fraction of sp³-hybridized carbons (Fsp3) is 1.00. The van der Waals surface area contributed by atoms with Crippen molar-refractivity contribution in [2.45, 2.75) is 6.10 Å². The number of ether oxygens (including phenoxy) is 2. The van der Waals surface area contributed by atoms with Crippen LogP contribution in [0, 0.1) is 0 Å². The number of hydrogen-bond donors (Lipinski definition) is 0. The molecule has 0 aliphatic carbocycles. The van der Waals surface area contributed by atoms with E-state index in [2.05, 4.69) is 0 Å². The van der Waals surface area contributed by atoms with Crippen LogP contribution in [0.15, 0.2) is 0 Å². The van der Waals surface area contributed by atoms with E-state index < -0.39 is 10.8 Å². The van der Waals surface area contributed by atoms with Gasteiger partial charge in [0.1, 0.15) is 0 Å². The highest BCUT2D eigenvalue weighted by Gasteiger charge is 2.24. The smallest absolute Gasteiger partial charge is 0.0924 e. The first kappa shape index (κ1) is 8.17. The minimum Gasteiger partial charge on any atom is -0.384 e. The molecule has 3 nitrogen and oxygen atoms in total. The number of rotatable bonds is 5. The maximum absolute atomic E-state index is 11.0. The van der Waals surface area contributed by atoms with Crippen LogP contribution in [0.4, 0.5) is 0 Å². The maximum atomic E-state index is 11.0. The van der Waals surface area contributed by atoms with Gasteiger partial charge in [0.25, 0.3) is 0 Å². The van der Waals surface area contributed by atoms with E-state index in [1.54, 1.807) is 7.11 Å². The summed E-state index contributed by atoms with van der Waals surface area (Å²) in [6.45, 7) is 1.37. The predicted octanol–water partition coefficient (Wildman–Crippen LogP) is -0.220. The van der Waals surface area contributed by atoms with E-state index in [-0.39, 0.29) is 6.10 Å². The zero-order chi connectivity index (χ0) is 7.40. The van der Waals surface area contributed by atoms with Gasteiger partial charge < -0.3 is 9.47 Å². The van der Waals surface area contributed by atoms with Crippen LogP contribution < -0.4 is 0 Å². The standard InChI is InChI=1S/C6H12O3S/c1-8-2-3-10(7)5-6-4-9-6/h6H,2-5H2,1H3/t6-,10?/m1/s1. The summed E-state index contributed by atoms with van der Waals surface area (Å²) in [5.74, 6) is 1.32. The van der Waals surface area contributed by atoms with Crippen molar-refractivity contribution in [2.24, 2.45) is 0 Å². The second-order valence-electron chi connectivity index (χ2n) is 2.26. The van der Waals surface area contributed by atoms with Gasteiger partial charge in [0.15, 0.2) is 0 Å². The first-order chi connectivity index (χ1) is 4.83. The van der Waals surface area contributed by atoms with Crippen molar-refractivity contribution >= 4 is 10.8 Å². The van der Waals surface area contributed by atoms with Gasteiger partial charge in [0, 0.05) is 23.7 Å². The van der Waals surface area contributed by atoms with E-state index in [0.717, 1.165) is 6.61 Å². The largest absolute Gasteiger partial charge is 0.384 e. The Morgan fingerprint density at radius 2 is 2.50 bits per heavy atom. The minimum absolute atomic E-state index is 0.276. The van der Waals surface area contributed by atoms with E-state index >= 15 is 0 Å². The van der Waals surface area contributed by atoms with Gasteiger partial charge in [-0.1, -0.05) is 0 Å². The monoisotopic (exact) mass is 164 g/mol. The fourth-order valence-corrected chi connectivity index (χ4v) is 1.76. The number of hydrogen-bond acceptors (Lipinski definition) is 3. The lowest BCUT2D eigenvalue weighted by Crippen LogP contribution is -2.11. The molecule has 0 N–H and O–H groups in total. The molecule has 10 heavy (non-hydrogen) atoms. The molecule has 60 valence electrons. The van der Waals surface area contributed by atoms with Crippen LogP contribution in [-0.4, -0.2) is 42.1 Å². The zero-order valence-electron chi connectivity index (χ0n) is 6.04. The Kier molecular flexibility index (Phi) is 3.31. The Bertz CT molecular complexity index is 122. The lowest BCUT2D eigenvalue weighted by molar-refractivity contribution is 0.218. The molecule has 0 saturated carbocycles. The minimum atomic E-state index is -0.738. The third-order valence-electron chi connectivity index (χ3n) is 1.29. The molecular weight excluding hydrogens is 152 g/mol. The first-order valence-corrected chi connectivity index (χ1v) is 4.77. The van der Waals surface area contributed by atoms with Gasteiger partial charge in [-0.3, -0.25) is 4.21 Å². The van der Waals surface area contributed by atoms with Crippen LogP contribution >= 0.6 is 0 Å². The molecule has 1 saturated heterocycles. The molecule has 4 heteroatoms. The van der Waals surface area contributed by atoms with Crippen molar-refractivity contribution < 1.29 is 13.7 Å². The Morgan fingerprint density at radius 1 is 1.80 bits per heavy atom. The summed E-state index contributed by atoms with van der Waals surface area (Å²) in [4.78, 5) is 0. The Morgan fingerprint density at radius 3 is 3.00 bits per heavy atom. The molecule has 1 aliphatic heterocycles. The number of epoxide rings is 1. The average Bonchev–Trinajstić information content (AvgIpc) is 2.67. The first-order valence-electron chi connectivity index (χ1n) is 3.28. The van der Waals surface area contributed by atoms with Crippen LogP contribution in [0.25, 0.3) is 0 Å². The summed E-state index contributed by atoms with van der Waals surface area (Å²) in [5.41, 5.74) is 0. The molecule has 1 rings (SSSR count). The van der Waals surface area contributed by atoms with Crippen LogP contribution in [0.1, 0.15) is 0 Å². The Hall–Kier alpha value is 0.0700. The second kappa shape index (κ2) is 4.05. The van der Waals surface area contributed by atoms with Gasteiger partial charge in [-0.15, -0.1) is 0 Å². The molecule has 2 atom stereocenters. The molecule has 0 amide bonds. The third kappa shape index (κ3) is 3.29. The zero-order valence-corrected chi connectivity index (χ0v) is 6.86. The van der Waals surface area contributed by atoms with Gasteiger partial charge >= 0.3 is 0 Å². The highest BCUT2D eigenvalue weighted by Crippen LogP contribution is 2.09. The maximum Gasteiger partial charge on any atom is 0.0924 e. The normalized spacial score (nSPS) is 26.3. The van der Waals surface area contributed by atoms with Crippen molar-refractivity contribution in [1.29, 1.82) is 0 Å². The van der Waals surface area contributed by atoms with Crippen molar-refractivity contribution in [3.05, 3.63) is 0 Å². The van der Waals surface area contributed by atoms with Crippen molar-refractivity contribution in [1.82, 2.24) is 0 Å². The molecule has 0 aromatic carbocycles. The summed E-state index contributed by atoms with van der Waals surface area (Å²) >= 11 is 0. The molecule has 1 fully saturated rings. The molecule has 0 aromatic heterocycles. The molecule has 0 aromatic rings. The van der Waals surface area contributed by atoms with Crippen LogP contribution in [0.5, 0.6) is 0 Å². The summed E-state index contributed by atoms with van der Waals surface area (Å²) in [6, 6.07) is 0. The quantitative estimate of drug-likeness (QED) is 0.527. The SMILES string of the molecule is COCCS(=O)C[C@H]1CO1. The topological polar surface area (TPSA) is 38.8 Å². The lowest BCUT2D eigenvalue weighted by atomic mass is 10.6. The molecular formula is C6H12O3S. The van der Waals surface area contributed by atoms with Crippen LogP contribution in [-0.2, 0) is 20.3 Å². The van der Waals surface area contributed by atoms with Gasteiger partial charge in [-0.2, -0.15) is 0 Å². The van der Waals surface area contributed by atoms with Gasteiger partial charge in [-0.25, -0.2) is 0 Å². The molecule has 0 bridgehead atoms. The molecule has 1 unspecified atom stereocenters. The highest BCUT2D eigenvalue weighted by molar-refractivity contribution is 7.85. The van der Waals surface area contributed by atoms with Gasteiger partial charge in [-0.05, 0) is 0 Å². The molecule has 0 spiro atoms. The summed E-state index contributed by atoms with van der Waals surface area (Å²) in [5, 5.41) is 0. The lowest BCUT2D eigenvalue weighted by Gasteiger charge is -1.96. The number of methoxy groups -OCH3 is 1. The third-order valence-corrected chi connectivity index (χ3v) is 2.65. The van der Waals surface area contributed by atoms with Crippen molar-refractivity contribution in [3.63, 3.8) is 0 Å². The second-order valence-corrected chi connectivity index (χ2v) is 3.88. The van der Waals surface area contributed by atoms with E-state index in [1.807, 2.05) is 0 Å². The van der Waals surface area contributed by atoms with Crippen molar-refractivity contribution in [3.8, 4) is 0 Å². The van der Waals surface area contributed by atoms with Gasteiger partial charge in [0.05, 0.1) is 25.1 Å². The summed E-state index contributed by atoms with van der Waals surface area (Å²) in [6.07, 6.45) is 0.276. The fourth-order valence-electron chi connectivity index (χ4n) is 0.631. The molecule has 1 aliphatic rings. The summed E-state index contributed by atoms with van der Waals surface area (Å²) in [7, 11) is 0.878. The summed E-state index contributed by atoms with van der Waals surface area (Å²) < 4.78 is 20.7. The van der Waals surface area contributed by atoms with E-state index in [4.69, 9.17) is 9.47 Å². The van der Waals surface area contributed by atoms with E-state index in [9.17, 15) is 4.21 Å². The van der Waals surface area contributed by atoms with Crippen molar-refractivity contribution in [2.75, 3.05) is 31.8 Å². The van der Waals surface area contributed by atoms with Gasteiger partial charge in [0.2, 0.25) is 0 Å². The Labute approximate surface area is 63.2 Å². The van der Waals surface area contributed by atoms with E-state index in [1.165, 1.54) is 0 Å². The van der Waals surface area contributed by atoms with Crippen LogP contribution in [0.2, 0.25) is 0 Å². The molecule has 1 heterocycles. The Balaban J connectivity index is 1.97. The highest BCUT2D eigenvalue weighted by atomic mass is 32.2. The average molecular weight is 164 g/mol. The van der Waals surface area contributed by atoms with Crippen LogP contribution in [0.3, 0.4) is 0 Å². The van der Waals surface area contributed by atoms with E-state index in [0.29, 0.717) is 18.1 Å². The molecule has 0 radical (unpaired) electrons.